The van der Waals surface area contributed by atoms with Crippen LogP contribution in [0.25, 0.3) is 0 Å². The summed E-state index contributed by atoms with van der Waals surface area (Å²) in [6.45, 7) is 2.44. The molecule has 0 spiro atoms. The molecule has 94 valence electrons. The first kappa shape index (κ1) is 12.3. The summed E-state index contributed by atoms with van der Waals surface area (Å²) in [6, 6.07) is 5.23. The van der Waals surface area contributed by atoms with Gasteiger partial charge in [0, 0.05) is 24.2 Å². The number of benzene rings is 1. The zero-order valence-corrected chi connectivity index (χ0v) is 9.87. The Balaban J connectivity index is 2.15. The van der Waals surface area contributed by atoms with E-state index in [9.17, 15) is 14.0 Å². The van der Waals surface area contributed by atoms with Crippen LogP contribution in [0.1, 0.15) is 17.3 Å². The van der Waals surface area contributed by atoms with Crippen molar-refractivity contribution in [2.45, 2.75) is 13.0 Å². The summed E-state index contributed by atoms with van der Waals surface area (Å²) in [7, 11) is 0. The third-order valence-corrected chi connectivity index (χ3v) is 2.62. The molecule has 2 N–H and O–H groups in total. The molecule has 1 amide bonds. The minimum absolute atomic E-state index is 0.0376. The van der Waals surface area contributed by atoms with Crippen LogP contribution in [0.5, 0.6) is 0 Å². The SMILES string of the molecule is CC1CN/C(=C\C(=O)c2ccc(F)cc2)C(=O)N1. The van der Waals surface area contributed by atoms with E-state index in [1.807, 2.05) is 6.92 Å². The maximum absolute atomic E-state index is 12.7. The molecule has 1 saturated heterocycles. The largest absolute Gasteiger partial charge is 0.378 e. The van der Waals surface area contributed by atoms with E-state index in [-0.39, 0.29) is 23.4 Å². The topological polar surface area (TPSA) is 58.2 Å². The molecule has 1 aliphatic rings. The summed E-state index contributed by atoms with van der Waals surface area (Å²) in [5, 5.41) is 5.60. The van der Waals surface area contributed by atoms with Gasteiger partial charge in [-0.1, -0.05) is 0 Å². The van der Waals surface area contributed by atoms with E-state index < -0.39 is 5.82 Å². The van der Waals surface area contributed by atoms with Crippen molar-refractivity contribution in [1.82, 2.24) is 10.6 Å². The lowest BCUT2D eigenvalue weighted by molar-refractivity contribution is -0.119. The van der Waals surface area contributed by atoms with Crippen LogP contribution >= 0.6 is 0 Å². The molecule has 1 atom stereocenters. The number of amides is 1. The molecule has 0 radical (unpaired) electrons. The molecular weight excluding hydrogens is 235 g/mol. The van der Waals surface area contributed by atoms with Crippen LogP contribution in [-0.4, -0.2) is 24.3 Å². The van der Waals surface area contributed by atoms with E-state index in [4.69, 9.17) is 0 Å². The lowest BCUT2D eigenvalue weighted by Gasteiger charge is -2.23. The van der Waals surface area contributed by atoms with Gasteiger partial charge >= 0.3 is 0 Å². The summed E-state index contributed by atoms with van der Waals surface area (Å²) >= 11 is 0. The van der Waals surface area contributed by atoms with Crippen molar-refractivity contribution >= 4 is 11.7 Å². The smallest absolute Gasteiger partial charge is 0.267 e. The van der Waals surface area contributed by atoms with Crippen LogP contribution in [0.3, 0.4) is 0 Å². The second-order valence-electron chi connectivity index (χ2n) is 4.18. The van der Waals surface area contributed by atoms with Gasteiger partial charge in [0.15, 0.2) is 5.78 Å². The van der Waals surface area contributed by atoms with Crippen molar-refractivity contribution in [3.63, 3.8) is 0 Å². The Labute approximate surface area is 104 Å². The number of rotatable bonds is 2. The van der Waals surface area contributed by atoms with Crippen molar-refractivity contribution in [2.75, 3.05) is 6.54 Å². The van der Waals surface area contributed by atoms with E-state index in [1.54, 1.807) is 0 Å². The van der Waals surface area contributed by atoms with Gasteiger partial charge in [-0.25, -0.2) is 4.39 Å². The molecule has 5 heteroatoms. The summed E-state index contributed by atoms with van der Waals surface area (Å²) in [5.41, 5.74) is 0.583. The zero-order valence-electron chi connectivity index (χ0n) is 9.87. The van der Waals surface area contributed by atoms with Crippen LogP contribution in [0.2, 0.25) is 0 Å². The normalized spacial score (nSPS) is 21.3. The number of carbonyl (C=O) groups is 2. The first-order valence-electron chi connectivity index (χ1n) is 5.62. The van der Waals surface area contributed by atoms with Crippen molar-refractivity contribution in [1.29, 1.82) is 0 Å². The highest BCUT2D eigenvalue weighted by Gasteiger charge is 2.19. The number of hydrogen-bond acceptors (Lipinski definition) is 3. The molecule has 1 unspecified atom stereocenters. The molecule has 2 rings (SSSR count). The van der Waals surface area contributed by atoms with Crippen molar-refractivity contribution in [3.05, 3.63) is 47.4 Å². The molecule has 1 aromatic carbocycles. The van der Waals surface area contributed by atoms with Gasteiger partial charge in [-0.15, -0.1) is 0 Å². The van der Waals surface area contributed by atoms with Crippen LogP contribution < -0.4 is 10.6 Å². The first-order valence-corrected chi connectivity index (χ1v) is 5.62. The molecule has 18 heavy (non-hydrogen) atoms. The predicted octanol–water partition coefficient (Wildman–Crippen LogP) is 1.00. The monoisotopic (exact) mass is 248 g/mol. The molecule has 0 aromatic heterocycles. The third-order valence-electron chi connectivity index (χ3n) is 2.62. The predicted molar refractivity (Wildman–Crippen MR) is 64.4 cm³/mol. The van der Waals surface area contributed by atoms with Crippen LogP contribution in [0.15, 0.2) is 36.0 Å². The van der Waals surface area contributed by atoms with Gasteiger partial charge in [-0.3, -0.25) is 9.59 Å². The van der Waals surface area contributed by atoms with Gasteiger partial charge in [0.1, 0.15) is 11.5 Å². The number of piperazine rings is 1. The fraction of sp³-hybridized carbons (Fsp3) is 0.231. The second-order valence-corrected chi connectivity index (χ2v) is 4.18. The van der Waals surface area contributed by atoms with E-state index in [0.717, 1.165) is 0 Å². The Morgan fingerprint density at radius 1 is 1.39 bits per heavy atom. The number of carbonyl (C=O) groups excluding carboxylic acids is 2. The summed E-state index contributed by atoms with van der Waals surface area (Å²) in [5.74, 6) is -1.03. The molecule has 0 bridgehead atoms. The number of hydrogen-bond donors (Lipinski definition) is 2. The van der Waals surface area contributed by atoms with Crippen LogP contribution in [0, 0.1) is 5.82 Å². The Kier molecular flexibility index (Phi) is 3.41. The van der Waals surface area contributed by atoms with E-state index in [2.05, 4.69) is 10.6 Å². The van der Waals surface area contributed by atoms with Gasteiger partial charge in [0.25, 0.3) is 5.91 Å². The molecule has 0 aliphatic carbocycles. The Morgan fingerprint density at radius 3 is 2.67 bits per heavy atom. The van der Waals surface area contributed by atoms with Crippen molar-refractivity contribution in [3.8, 4) is 0 Å². The second kappa shape index (κ2) is 5.00. The minimum Gasteiger partial charge on any atom is -0.378 e. The maximum Gasteiger partial charge on any atom is 0.267 e. The molecule has 0 saturated carbocycles. The fourth-order valence-electron chi connectivity index (χ4n) is 1.64. The summed E-state index contributed by atoms with van der Waals surface area (Å²) < 4.78 is 12.7. The highest BCUT2D eigenvalue weighted by molar-refractivity contribution is 6.09. The molecule has 1 aliphatic heterocycles. The molecular formula is C13H13FN2O2. The van der Waals surface area contributed by atoms with Gasteiger partial charge in [0.2, 0.25) is 0 Å². The zero-order chi connectivity index (χ0) is 13.1. The maximum atomic E-state index is 12.7. The number of ketones is 1. The minimum atomic E-state index is -0.401. The number of nitrogens with one attached hydrogen (secondary N) is 2. The first-order chi connectivity index (χ1) is 8.56. The molecule has 1 aromatic rings. The molecule has 1 fully saturated rings. The van der Waals surface area contributed by atoms with Crippen molar-refractivity contribution < 1.29 is 14.0 Å². The lowest BCUT2D eigenvalue weighted by Crippen LogP contribution is -2.49. The fourth-order valence-corrected chi connectivity index (χ4v) is 1.64. The average molecular weight is 248 g/mol. The van der Waals surface area contributed by atoms with E-state index >= 15 is 0 Å². The number of allylic oxidation sites excluding steroid dienone is 1. The molecule has 4 nitrogen and oxygen atoms in total. The Morgan fingerprint density at radius 2 is 2.06 bits per heavy atom. The Hall–Kier alpha value is -2.17. The third kappa shape index (κ3) is 2.74. The summed E-state index contributed by atoms with van der Waals surface area (Å²) in [6.07, 6.45) is 1.23. The van der Waals surface area contributed by atoms with Gasteiger partial charge in [0.05, 0.1) is 0 Å². The van der Waals surface area contributed by atoms with Gasteiger partial charge < -0.3 is 10.6 Å². The van der Waals surface area contributed by atoms with E-state index in [0.29, 0.717) is 12.1 Å². The molecule has 1 heterocycles. The standard InChI is InChI=1S/C13H13FN2O2/c1-8-7-15-11(13(18)16-8)6-12(17)9-2-4-10(14)5-3-9/h2-6,8,15H,7H2,1H3,(H,16,18)/b11-6-. The highest BCUT2D eigenvalue weighted by atomic mass is 19.1. The van der Waals surface area contributed by atoms with E-state index in [1.165, 1.54) is 30.3 Å². The quantitative estimate of drug-likeness (QED) is 0.606. The van der Waals surface area contributed by atoms with Crippen LogP contribution in [-0.2, 0) is 4.79 Å². The van der Waals surface area contributed by atoms with Gasteiger partial charge in [-0.05, 0) is 31.2 Å². The highest BCUT2D eigenvalue weighted by Crippen LogP contribution is 2.07. The number of halogens is 1. The van der Waals surface area contributed by atoms with Gasteiger partial charge in [-0.2, -0.15) is 0 Å². The van der Waals surface area contributed by atoms with Crippen molar-refractivity contribution in [2.24, 2.45) is 0 Å². The average Bonchev–Trinajstić information content (AvgIpc) is 2.33. The summed E-state index contributed by atoms with van der Waals surface area (Å²) in [4.78, 5) is 23.4. The van der Waals surface area contributed by atoms with Crippen LogP contribution in [0.4, 0.5) is 4.39 Å². The lowest BCUT2D eigenvalue weighted by atomic mass is 10.1. The Bertz CT molecular complexity index is 508.